The summed E-state index contributed by atoms with van der Waals surface area (Å²) in [6.07, 6.45) is 2.05. The maximum atomic E-state index is 10.7. The lowest BCUT2D eigenvalue weighted by Gasteiger charge is -2.31. The minimum Gasteiger partial charge on any atom is -0.476 e. The Balaban J connectivity index is 2.08. The molecule has 1 fully saturated rings. The molecule has 88 valence electrons. The summed E-state index contributed by atoms with van der Waals surface area (Å²) >= 11 is 1.35. The van der Waals surface area contributed by atoms with Crippen molar-refractivity contribution < 1.29 is 15.0 Å². The van der Waals surface area contributed by atoms with Crippen molar-refractivity contribution in [2.24, 2.45) is 5.92 Å². The zero-order chi connectivity index (χ0) is 11.5. The van der Waals surface area contributed by atoms with Crippen molar-refractivity contribution in [2.45, 2.75) is 12.8 Å². The summed E-state index contributed by atoms with van der Waals surface area (Å²) in [5.41, 5.74) is 0.103. The molecule has 0 saturated carbocycles. The van der Waals surface area contributed by atoms with Gasteiger partial charge in [0.1, 0.15) is 0 Å². The highest BCUT2D eigenvalue weighted by molar-refractivity contribution is 7.13. The van der Waals surface area contributed by atoms with E-state index in [9.17, 15) is 4.79 Å². The molecular formula is C10H14N2O3S. The van der Waals surface area contributed by atoms with Gasteiger partial charge in [0.25, 0.3) is 0 Å². The number of anilines is 1. The second-order valence-electron chi connectivity index (χ2n) is 3.96. The van der Waals surface area contributed by atoms with Crippen LogP contribution >= 0.6 is 11.3 Å². The maximum Gasteiger partial charge on any atom is 0.355 e. The van der Waals surface area contributed by atoms with Gasteiger partial charge in [-0.05, 0) is 18.8 Å². The van der Waals surface area contributed by atoms with E-state index in [2.05, 4.69) is 9.88 Å². The highest BCUT2D eigenvalue weighted by Crippen LogP contribution is 2.26. The SMILES string of the molecule is O=C(O)c1csc(N2CCCC(CO)C2)n1. The number of piperidine rings is 1. The fourth-order valence-corrected chi connectivity index (χ4v) is 2.73. The summed E-state index contributed by atoms with van der Waals surface area (Å²) in [6, 6.07) is 0. The number of aromatic nitrogens is 1. The minimum atomic E-state index is -0.988. The van der Waals surface area contributed by atoms with Gasteiger partial charge >= 0.3 is 5.97 Å². The molecule has 1 aromatic heterocycles. The number of nitrogens with zero attached hydrogens (tertiary/aromatic N) is 2. The zero-order valence-electron chi connectivity index (χ0n) is 8.80. The maximum absolute atomic E-state index is 10.7. The number of hydrogen-bond donors (Lipinski definition) is 2. The molecule has 16 heavy (non-hydrogen) atoms. The van der Waals surface area contributed by atoms with Gasteiger partial charge in [-0.25, -0.2) is 9.78 Å². The Morgan fingerprint density at radius 2 is 2.50 bits per heavy atom. The van der Waals surface area contributed by atoms with E-state index in [0.717, 1.165) is 31.1 Å². The molecule has 2 rings (SSSR count). The van der Waals surface area contributed by atoms with Gasteiger partial charge in [0, 0.05) is 25.1 Å². The van der Waals surface area contributed by atoms with Crippen molar-refractivity contribution in [3.63, 3.8) is 0 Å². The van der Waals surface area contributed by atoms with E-state index < -0.39 is 5.97 Å². The summed E-state index contributed by atoms with van der Waals surface area (Å²) in [4.78, 5) is 16.8. The number of thiazole rings is 1. The van der Waals surface area contributed by atoms with Crippen molar-refractivity contribution in [1.29, 1.82) is 0 Å². The average molecular weight is 242 g/mol. The molecule has 1 saturated heterocycles. The molecule has 0 bridgehead atoms. The summed E-state index contributed by atoms with van der Waals surface area (Å²) in [5, 5.41) is 20.2. The number of rotatable bonds is 3. The van der Waals surface area contributed by atoms with Gasteiger partial charge in [0.15, 0.2) is 10.8 Å². The molecule has 2 N–H and O–H groups in total. The fourth-order valence-electron chi connectivity index (χ4n) is 1.90. The van der Waals surface area contributed by atoms with Crippen molar-refractivity contribution >= 4 is 22.4 Å². The number of hydrogen-bond acceptors (Lipinski definition) is 5. The van der Waals surface area contributed by atoms with Crippen LogP contribution in [0.25, 0.3) is 0 Å². The first-order chi connectivity index (χ1) is 7.70. The van der Waals surface area contributed by atoms with E-state index in [-0.39, 0.29) is 18.2 Å². The number of aliphatic hydroxyl groups excluding tert-OH is 1. The van der Waals surface area contributed by atoms with Gasteiger partial charge in [-0.15, -0.1) is 11.3 Å². The zero-order valence-corrected chi connectivity index (χ0v) is 9.61. The lowest BCUT2D eigenvalue weighted by Crippen LogP contribution is -2.36. The Bertz CT molecular complexity index is 380. The molecule has 1 aliphatic rings. The van der Waals surface area contributed by atoms with Crippen LogP contribution in [0.4, 0.5) is 5.13 Å². The second-order valence-corrected chi connectivity index (χ2v) is 4.79. The molecule has 2 heterocycles. The summed E-state index contributed by atoms with van der Waals surface area (Å²) in [5.74, 6) is -0.704. The molecule has 0 aliphatic carbocycles. The van der Waals surface area contributed by atoms with Crippen LogP contribution in [0.3, 0.4) is 0 Å². The van der Waals surface area contributed by atoms with Crippen LogP contribution in [0.5, 0.6) is 0 Å². The highest BCUT2D eigenvalue weighted by atomic mass is 32.1. The average Bonchev–Trinajstić information content (AvgIpc) is 2.78. The molecule has 6 heteroatoms. The summed E-state index contributed by atoms with van der Waals surface area (Å²) < 4.78 is 0. The van der Waals surface area contributed by atoms with Crippen LogP contribution in [-0.2, 0) is 0 Å². The van der Waals surface area contributed by atoms with E-state index in [1.54, 1.807) is 5.38 Å². The Kier molecular flexibility index (Phi) is 3.40. The third-order valence-corrected chi connectivity index (χ3v) is 3.66. The Morgan fingerprint density at radius 3 is 3.12 bits per heavy atom. The summed E-state index contributed by atoms with van der Waals surface area (Å²) in [7, 11) is 0. The molecule has 0 aromatic carbocycles. The molecule has 0 amide bonds. The third kappa shape index (κ3) is 2.33. The smallest absolute Gasteiger partial charge is 0.355 e. The minimum absolute atomic E-state index is 0.103. The van der Waals surface area contributed by atoms with Gasteiger partial charge < -0.3 is 15.1 Å². The van der Waals surface area contributed by atoms with E-state index in [0.29, 0.717) is 0 Å². The normalized spacial score (nSPS) is 21.1. The first kappa shape index (κ1) is 11.3. The molecule has 0 spiro atoms. The summed E-state index contributed by atoms with van der Waals surface area (Å²) in [6.45, 7) is 1.85. The number of aromatic carboxylic acids is 1. The van der Waals surface area contributed by atoms with Crippen LogP contribution in [0.2, 0.25) is 0 Å². The van der Waals surface area contributed by atoms with Gasteiger partial charge in [0.05, 0.1) is 0 Å². The van der Waals surface area contributed by atoms with Crippen LogP contribution in [-0.4, -0.2) is 40.9 Å². The Hall–Kier alpha value is -1.14. The van der Waals surface area contributed by atoms with Gasteiger partial charge in [-0.3, -0.25) is 0 Å². The molecule has 1 unspecified atom stereocenters. The Labute approximate surface area is 97.4 Å². The monoisotopic (exact) mass is 242 g/mol. The van der Waals surface area contributed by atoms with Crippen molar-refractivity contribution in [3.05, 3.63) is 11.1 Å². The van der Waals surface area contributed by atoms with E-state index in [4.69, 9.17) is 10.2 Å². The largest absolute Gasteiger partial charge is 0.476 e. The molecule has 5 nitrogen and oxygen atoms in total. The number of carboxylic acid groups (broad SMARTS) is 1. The standard InChI is InChI=1S/C10H14N2O3S/c13-5-7-2-1-3-12(4-7)10-11-8(6-16-10)9(14)15/h6-7,13H,1-5H2,(H,14,15). The van der Waals surface area contributed by atoms with Crippen LogP contribution in [0, 0.1) is 5.92 Å². The van der Waals surface area contributed by atoms with Gasteiger partial charge in [-0.2, -0.15) is 0 Å². The van der Waals surface area contributed by atoms with Gasteiger partial charge in [-0.1, -0.05) is 0 Å². The van der Waals surface area contributed by atoms with Crippen LogP contribution in [0.15, 0.2) is 5.38 Å². The quantitative estimate of drug-likeness (QED) is 0.828. The third-order valence-electron chi connectivity index (χ3n) is 2.76. The first-order valence-corrected chi connectivity index (χ1v) is 6.13. The molecule has 0 radical (unpaired) electrons. The van der Waals surface area contributed by atoms with E-state index in [1.165, 1.54) is 11.3 Å². The van der Waals surface area contributed by atoms with Crippen molar-refractivity contribution in [3.8, 4) is 0 Å². The van der Waals surface area contributed by atoms with E-state index >= 15 is 0 Å². The molecule has 1 aromatic rings. The lowest BCUT2D eigenvalue weighted by molar-refractivity contribution is 0.0691. The van der Waals surface area contributed by atoms with Crippen LogP contribution in [0.1, 0.15) is 23.3 Å². The fraction of sp³-hybridized carbons (Fsp3) is 0.600. The number of carbonyl (C=O) groups is 1. The van der Waals surface area contributed by atoms with Crippen molar-refractivity contribution in [1.82, 2.24) is 4.98 Å². The van der Waals surface area contributed by atoms with Crippen LogP contribution < -0.4 is 4.90 Å². The lowest BCUT2D eigenvalue weighted by atomic mass is 10.00. The second kappa shape index (κ2) is 4.80. The predicted molar refractivity (Wildman–Crippen MR) is 61.1 cm³/mol. The first-order valence-electron chi connectivity index (χ1n) is 5.25. The van der Waals surface area contributed by atoms with E-state index in [1.807, 2.05) is 0 Å². The molecule has 1 aliphatic heterocycles. The Morgan fingerprint density at radius 1 is 1.69 bits per heavy atom. The molecule has 1 atom stereocenters. The van der Waals surface area contributed by atoms with Gasteiger partial charge in [0.2, 0.25) is 0 Å². The number of aliphatic hydroxyl groups is 1. The number of carboxylic acids is 1. The van der Waals surface area contributed by atoms with Crippen molar-refractivity contribution in [2.75, 3.05) is 24.6 Å². The predicted octanol–water partition coefficient (Wildman–Crippen LogP) is 1.05. The molecular weight excluding hydrogens is 228 g/mol. The topological polar surface area (TPSA) is 73.7 Å². The highest BCUT2D eigenvalue weighted by Gasteiger charge is 2.22.